The number of aliphatic carboxylic acids is 1. The zero-order valence-corrected chi connectivity index (χ0v) is 16.5. The van der Waals surface area contributed by atoms with E-state index in [2.05, 4.69) is 5.32 Å². The van der Waals surface area contributed by atoms with Crippen LogP contribution in [-0.2, 0) is 16.0 Å². The van der Waals surface area contributed by atoms with Crippen LogP contribution in [0.1, 0.15) is 21.5 Å². The summed E-state index contributed by atoms with van der Waals surface area (Å²) < 4.78 is 5.39. The lowest BCUT2D eigenvalue weighted by Gasteiger charge is -2.13. The number of benzene rings is 2. The van der Waals surface area contributed by atoms with Crippen LogP contribution < -0.4 is 15.8 Å². The minimum Gasteiger partial charge on any atom is -0.478 e. The van der Waals surface area contributed by atoms with E-state index in [4.69, 9.17) is 21.0 Å². The van der Waals surface area contributed by atoms with Gasteiger partial charge >= 0.3 is 11.9 Å². The SMILES string of the molecule is CN(C)C(=O)Cc1cc(OC(=O)c2ccc(NC(=N)N)cc2)ccc1/C=C/C(=O)O. The summed E-state index contributed by atoms with van der Waals surface area (Å²) in [5.74, 6) is -1.90. The van der Waals surface area contributed by atoms with Gasteiger partial charge in [-0.05, 0) is 53.6 Å². The highest BCUT2D eigenvalue weighted by Crippen LogP contribution is 2.22. The molecule has 0 saturated heterocycles. The van der Waals surface area contributed by atoms with Gasteiger partial charge in [-0.2, -0.15) is 0 Å². The molecule has 0 aliphatic rings. The van der Waals surface area contributed by atoms with Crippen molar-refractivity contribution in [1.82, 2.24) is 4.90 Å². The predicted molar refractivity (Wildman–Crippen MR) is 112 cm³/mol. The van der Waals surface area contributed by atoms with E-state index in [9.17, 15) is 14.4 Å². The monoisotopic (exact) mass is 410 g/mol. The third kappa shape index (κ3) is 6.48. The third-order valence-corrected chi connectivity index (χ3v) is 3.97. The van der Waals surface area contributed by atoms with Crippen molar-refractivity contribution in [1.29, 1.82) is 5.41 Å². The predicted octanol–water partition coefficient (Wildman–Crippen LogP) is 1.94. The summed E-state index contributed by atoms with van der Waals surface area (Å²) in [6.07, 6.45) is 2.37. The number of likely N-dealkylation sites (N-methyl/N-ethyl adjacent to an activating group) is 1. The van der Waals surface area contributed by atoms with Gasteiger partial charge in [0.1, 0.15) is 5.75 Å². The van der Waals surface area contributed by atoms with Crippen molar-refractivity contribution < 1.29 is 24.2 Å². The molecule has 0 aliphatic carbocycles. The van der Waals surface area contributed by atoms with Crippen LogP contribution in [0.15, 0.2) is 48.5 Å². The van der Waals surface area contributed by atoms with Gasteiger partial charge in [0, 0.05) is 25.9 Å². The Bertz CT molecular complexity index is 997. The van der Waals surface area contributed by atoms with Gasteiger partial charge in [-0.3, -0.25) is 10.2 Å². The van der Waals surface area contributed by atoms with Crippen LogP contribution in [0.3, 0.4) is 0 Å². The molecule has 9 nitrogen and oxygen atoms in total. The maximum Gasteiger partial charge on any atom is 0.343 e. The number of guanidine groups is 1. The van der Waals surface area contributed by atoms with E-state index in [-0.39, 0.29) is 29.6 Å². The minimum absolute atomic E-state index is 0.0170. The molecule has 156 valence electrons. The summed E-state index contributed by atoms with van der Waals surface area (Å²) in [6.45, 7) is 0. The third-order valence-electron chi connectivity index (χ3n) is 3.97. The zero-order chi connectivity index (χ0) is 22.3. The molecule has 1 amide bonds. The first kappa shape index (κ1) is 22.2. The van der Waals surface area contributed by atoms with Gasteiger partial charge in [0.05, 0.1) is 12.0 Å². The number of nitrogens with zero attached hydrogens (tertiary/aromatic N) is 1. The molecule has 0 aromatic heterocycles. The quantitative estimate of drug-likeness (QED) is 0.179. The average molecular weight is 410 g/mol. The fourth-order valence-corrected chi connectivity index (χ4v) is 2.45. The molecular formula is C21H22N4O5. The molecular weight excluding hydrogens is 388 g/mol. The standard InChI is InChI=1S/C21H22N4O5/c1-25(2)18(26)12-15-11-17(9-5-13(15)6-10-19(27)28)30-20(29)14-3-7-16(8-4-14)24-21(22)23/h3-11H,12H2,1-2H3,(H,27,28)(H4,22,23,24)/b10-6+. The molecule has 0 saturated carbocycles. The Morgan fingerprint density at radius 2 is 1.83 bits per heavy atom. The summed E-state index contributed by atoms with van der Waals surface area (Å²) in [6, 6.07) is 10.8. The second-order valence-electron chi connectivity index (χ2n) is 6.50. The van der Waals surface area contributed by atoms with E-state index in [1.54, 1.807) is 32.3 Å². The normalized spacial score (nSPS) is 10.5. The molecule has 5 N–H and O–H groups in total. The Hall–Kier alpha value is -4.14. The smallest absolute Gasteiger partial charge is 0.343 e. The lowest BCUT2D eigenvalue weighted by molar-refractivity contribution is -0.131. The van der Waals surface area contributed by atoms with Crippen LogP contribution in [0, 0.1) is 5.41 Å². The molecule has 0 aliphatic heterocycles. The fourth-order valence-electron chi connectivity index (χ4n) is 2.45. The first-order valence-corrected chi connectivity index (χ1v) is 8.83. The van der Waals surface area contributed by atoms with Crippen LogP contribution in [0.5, 0.6) is 5.75 Å². The molecule has 30 heavy (non-hydrogen) atoms. The van der Waals surface area contributed by atoms with Crippen LogP contribution in [-0.4, -0.2) is 47.9 Å². The van der Waals surface area contributed by atoms with Crippen molar-refractivity contribution in [2.75, 3.05) is 19.4 Å². The van der Waals surface area contributed by atoms with Gasteiger partial charge in [-0.15, -0.1) is 0 Å². The number of hydrogen-bond acceptors (Lipinski definition) is 5. The Balaban J connectivity index is 2.23. The zero-order valence-electron chi connectivity index (χ0n) is 16.5. The summed E-state index contributed by atoms with van der Waals surface area (Å²) in [4.78, 5) is 36.8. The molecule has 0 atom stereocenters. The number of carbonyl (C=O) groups excluding carboxylic acids is 2. The number of hydrogen-bond donors (Lipinski definition) is 4. The van der Waals surface area contributed by atoms with E-state index in [0.717, 1.165) is 6.08 Å². The van der Waals surface area contributed by atoms with Gasteiger partial charge in [0.25, 0.3) is 0 Å². The highest BCUT2D eigenvalue weighted by Gasteiger charge is 2.13. The number of carboxylic acids is 1. The first-order valence-electron chi connectivity index (χ1n) is 8.83. The average Bonchev–Trinajstić information content (AvgIpc) is 2.67. The van der Waals surface area contributed by atoms with Crippen LogP contribution in [0.2, 0.25) is 0 Å². The molecule has 0 radical (unpaired) electrons. The minimum atomic E-state index is -1.11. The molecule has 2 rings (SSSR count). The van der Waals surface area contributed by atoms with Gasteiger partial charge in [0.15, 0.2) is 5.96 Å². The second kappa shape index (κ2) is 9.87. The van der Waals surface area contributed by atoms with Crippen molar-refractivity contribution >= 4 is 35.6 Å². The van der Waals surface area contributed by atoms with Crippen molar-refractivity contribution in [2.45, 2.75) is 6.42 Å². The van der Waals surface area contributed by atoms with Crippen molar-refractivity contribution in [2.24, 2.45) is 5.73 Å². The molecule has 0 unspecified atom stereocenters. The summed E-state index contributed by atoms with van der Waals surface area (Å²) in [7, 11) is 3.23. The number of rotatable bonds is 7. The van der Waals surface area contributed by atoms with Crippen LogP contribution in [0.4, 0.5) is 5.69 Å². The second-order valence-corrected chi connectivity index (χ2v) is 6.50. The van der Waals surface area contributed by atoms with Crippen molar-refractivity contribution in [3.05, 3.63) is 65.2 Å². The van der Waals surface area contributed by atoms with Gasteiger partial charge in [-0.25, -0.2) is 9.59 Å². The molecule has 0 heterocycles. The number of carbonyl (C=O) groups is 3. The molecule has 0 bridgehead atoms. The lowest BCUT2D eigenvalue weighted by Crippen LogP contribution is -2.23. The van der Waals surface area contributed by atoms with E-state index < -0.39 is 11.9 Å². The number of nitrogens with one attached hydrogen (secondary N) is 2. The number of ether oxygens (including phenoxy) is 1. The summed E-state index contributed by atoms with van der Waals surface area (Å²) in [5, 5.41) is 18.6. The maximum absolute atomic E-state index is 12.4. The molecule has 9 heteroatoms. The fraction of sp³-hybridized carbons (Fsp3) is 0.143. The van der Waals surface area contributed by atoms with Gasteiger partial charge < -0.3 is 25.8 Å². The number of esters is 1. The molecule has 0 fully saturated rings. The number of amides is 1. The van der Waals surface area contributed by atoms with Gasteiger partial charge in [0.2, 0.25) is 5.91 Å². The number of nitrogens with two attached hydrogens (primary N) is 1. The first-order chi connectivity index (χ1) is 14.2. The Labute approximate surface area is 173 Å². The highest BCUT2D eigenvalue weighted by atomic mass is 16.5. The number of carboxylic acid groups (broad SMARTS) is 1. The Morgan fingerprint density at radius 1 is 1.17 bits per heavy atom. The van der Waals surface area contributed by atoms with Crippen LogP contribution in [0.25, 0.3) is 6.08 Å². The molecule has 2 aromatic rings. The van der Waals surface area contributed by atoms with Gasteiger partial charge in [-0.1, -0.05) is 6.07 Å². The number of anilines is 1. The topological polar surface area (TPSA) is 146 Å². The Kier molecular flexibility index (Phi) is 7.29. The lowest BCUT2D eigenvalue weighted by atomic mass is 10.0. The van der Waals surface area contributed by atoms with Crippen molar-refractivity contribution in [3.63, 3.8) is 0 Å². The van der Waals surface area contributed by atoms with E-state index in [0.29, 0.717) is 16.8 Å². The summed E-state index contributed by atoms with van der Waals surface area (Å²) in [5.41, 5.74) is 7.15. The molecule has 2 aromatic carbocycles. The highest BCUT2D eigenvalue weighted by molar-refractivity contribution is 5.93. The largest absolute Gasteiger partial charge is 0.478 e. The van der Waals surface area contributed by atoms with E-state index >= 15 is 0 Å². The summed E-state index contributed by atoms with van der Waals surface area (Å²) >= 11 is 0. The molecule has 0 spiro atoms. The van der Waals surface area contributed by atoms with E-state index in [1.165, 1.54) is 35.2 Å². The van der Waals surface area contributed by atoms with Crippen LogP contribution >= 0.6 is 0 Å². The Morgan fingerprint density at radius 3 is 2.40 bits per heavy atom. The van der Waals surface area contributed by atoms with E-state index in [1.807, 2.05) is 0 Å². The maximum atomic E-state index is 12.4. The van der Waals surface area contributed by atoms with Crippen molar-refractivity contribution in [3.8, 4) is 5.75 Å².